The fourth-order valence-electron chi connectivity index (χ4n) is 1.04. The number of methoxy groups -OCH3 is 1. The van der Waals surface area contributed by atoms with E-state index in [1.54, 1.807) is 20.1 Å². The molecule has 0 saturated carbocycles. The fraction of sp³-hybridized carbons (Fsp3) is 0.778. The number of rotatable bonds is 5. The second-order valence-electron chi connectivity index (χ2n) is 2.72. The summed E-state index contributed by atoms with van der Waals surface area (Å²) in [5, 5.41) is -0.484. The Morgan fingerprint density at radius 1 is 1.36 bits per heavy atom. The Bertz CT molecular complexity index is 205. The van der Waals surface area contributed by atoms with Crippen LogP contribution < -0.4 is 0 Å². The molecule has 0 aromatic heterocycles. The van der Waals surface area contributed by atoms with Gasteiger partial charge in [-0.25, -0.2) is 0 Å². The number of esters is 2. The highest BCUT2D eigenvalue weighted by Crippen LogP contribution is 2.19. The molecule has 0 spiro atoms. The van der Waals surface area contributed by atoms with Crippen LogP contribution in [-0.2, 0) is 19.1 Å². The van der Waals surface area contributed by atoms with Crippen molar-refractivity contribution in [3.63, 3.8) is 0 Å². The normalized spacial score (nSPS) is 14.3. The fourth-order valence-corrected chi connectivity index (χ4v) is 1.82. The molecule has 14 heavy (non-hydrogen) atoms. The first-order chi connectivity index (χ1) is 6.58. The van der Waals surface area contributed by atoms with E-state index in [9.17, 15) is 9.59 Å². The van der Waals surface area contributed by atoms with Gasteiger partial charge in [-0.05, 0) is 13.2 Å². The molecule has 0 amide bonds. The lowest BCUT2D eigenvalue weighted by atomic mass is 10.1. The third kappa shape index (κ3) is 3.57. The molecule has 0 fully saturated rings. The van der Waals surface area contributed by atoms with Crippen LogP contribution in [0.1, 0.15) is 13.8 Å². The van der Waals surface area contributed by atoms with E-state index in [2.05, 4.69) is 4.74 Å². The molecular weight excluding hydrogens is 204 g/mol. The Labute approximate surface area is 88.3 Å². The molecule has 0 aromatic rings. The van der Waals surface area contributed by atoms with Crippen molar-refractivity contribution in [1.82, 2.24) is 0 Å². The first-order valence-corrected chi connectivity index (χ1v) is 5.64. The molecule has 0 N–H and O–H groups in total. The van der Waals surface area contributed by atoms with Gasteiger partial charge < -0.3 is 9.47 Å². The van der Waals surface area contributed by atoms with Gasteiger partial charge in [0.15, 0.2) is 0 Å². The summed E-state index contributed by atoms with van der Waals surface area (Å²) in [5.74, 6) is -1.23. The Morgan fingerprint density at radius 2 is 1.93 bits per heavy atom. The van der Waals surface area contributed by atoms with Crippen molar-refractivity contribution in [1.29, 1.82) is 0 Å². The topological polar surface area (TPSA) is 52.6 Å². The Balaban J connectivity index is 4.39. The van der Waals surface area contributed by atoms with Gasteiger partial charge in [-0.2, -0.15) is 0 Å². The molecule has 0 aromatic carbocycles. The first-order valence-electron chi connectivity index (χ1n) is 4.35. The van der Waals surface area contributed by atoms with E-state index in [1.165, 1.54) is 18.9 Å². The summed E-state index contributed by atoms with van der Waals surface area (Å²) in [6, 6.07) is 0. The van der Waals surface area contributed by atoms with Crippen LogP contribution >= 0.6 is 11.8 Å². The van der Waals surface area contributed by atoms with Crippen LogP contribution in [-0.4, -0.2) is 37.2 Å². The molecule has 0 bridgehead atoms. The second-order valence-corrected chi connectivity index (χ2v) is 3.70. The van der Waals surface area contributed by atoms with Crippen LogP contribution in [0.15, 0.2) is 0 Å². The molecule has 0 radical (unpaired) electrons. The maximum atomic E-state index is 11.4. The maximum absolute atomic E-state index is 11.4. The molecule has 0 aliphatic carbocycles. The average Bonchev–Trinajstić information content (AvgIpc) is 2.18. The summed E-state index contributed by atoms with van der Waals surface area (Å²) < 4.78 is 9.41. The van der Waals surface area contributed by atoms with Crippen molar-refractivity contribution in [2.45, 2.75) is 19.1 Å². The summed E-state index contributed by atoms with van der Waals surface area (Å²) >= 11 is 1.29. The molecule has 82 valence electrons. The molecule has 5 heteroatoms. The lowest BCUT2D eigenvalue weighted by Crippen LogP contribution is -2.32. The van der Waals surface area contributed by atoms with E-state index in [1.807, 2.05) is 0 Å². The quantitative estimate of drug-likeness (QED) is 0.649. The Hall–Kier alpha value is -0.710. The Kier molecular flexibility index (Phi) is 6.36. The van der Waals surface area contributed by atoms with Crippen molar-refractivity contribution in [2.75, 3.05) is 20.0 Å². The van der Waals surface area contributed by atoms with Gasteiger partial charge in [-0.15, -0.1) is 11.8 Å². The van der Waals surface area contributed by atoms with Crippen LogP contribution in [0.4, 0.5) is 0 Å². The monoisotopic (exact) mass is 220 g/mol. The van der Waals surface area contributed by atoms with Crippen LogP contribution in [0.25, 0.3) is 0 Å². The number of hydrogen-bond donors (Lipinski definition) is 0. The summed E-state index contributed by atoms with van der Waals surface area (Å²) in [6.07, 6.45) is 1.76. The van der Waals surface area contributed by atoms with Gasteiger partial charge in [-0.1, -0.05) is 6.92 Å². The van der Waals surface area contributed by atoms with E-state index in [4.69, 9.17) is 4.74 Å². The predicted molar refractivity (Wildman–Crippen MR) is 55.1 cm³/mol. The molecule has 0 rings (SSSR count). The van der Waals surface area contributed by atoms with E-state index >= 15 is 0 Å². The first kappa shape index (κ1) is 13.3. The predicted octanol–water partition coefficient (Wildman–Crippen LogP) is 1.09. The van der Waals surface area contributed by atoms with Gasteiger partial charge in [0.1, 0.15) is 5.25 Å². The number of carbonyl (C=O) groups excluding carboxylic acids is 2. The van der Waals surface area contributed by atoms with Crippen LogP contribution in [0.3, 0.4) is 0 Å². The van der Waals surface area contributed by atoms with Crippen molar-refractivity contribution >= 4 is 23.7 Å². The minimum absolute atomic E-state index is 0.323. The van der Waals surface area contributed by atoms with Crippen molar-refractivity contribution in [2.24, 2.45) is 5.92 Å². The third-order valence-electron chi connectivity index (χ3n) is 1.80. The van der Waals surface area contributed by atoms with Gasteiger partial charge in [0.05, 0.1) is 19.6 Å². The largest absolute Gasteiger partial charge is 0.469 e. The van der Waals surface area contributed by atoms with Gasteiger partial charge in [-0.3, -0.25) is 9.59 Å². The number of thioether (sulfide) groups is 1. The molecule has 4 nitrogen and oxygen atoms in total. The molecular formula is C9H16O4S. The summed E-state index contributed by atoms with van der Waals surface area (Å²) in [7, 11) is 1.31. The minimum atomic E-state index is -0.484. The van der Waals surface area contributed by atoms with Crippen molar-refractivity contribution in [3.05, 3.63) is 0 Å². The van der Waals surface area contributed by atoms with Gasteiger partial charge in [0, 0.05) is 0 Å². The highest BCUT2D eigenvalue weighted by molar-refractivity contribution is 7.99. The van der Waals surface area contributed by atoms with Crippen LogP contribution in [0.5, 0.6) is 0 Å². The SMILES string of the molecule is CCOC(=O)[C@H](SC)[C@@H](C)C(=O)OC. The van der Waals surface area contributed by atoms with Crippen LogP contribution in [0, 0.1) is 5.92 Å². The molecule has 0 aliphatic heterocycles. The smallest absolute Gasteiger partial charge is 0.319 e. The van der Waals surface area contributed by atoms with Crippen molar-refractivity contribution in [3.8, 4) is 0 Å². The van der Waals surface area contributed by atoms with Gasteiger partial charge in [0.2, 0.25) is 0 Å². The standard InChI is InChI=1S/C9H16O4S/c1-5-13-9(11)7(14-4)6(2)8(10)12-3/h6-7H,5H2,1-4H3/t6-,7-/m1/s1. The highest BCUT2D eigenvalue weighted by atomic mass is 32.2. The zero-order valence-corrected chi connectivity index (χ0v) is 9.72. The van der Waals surface area contributed by atoms with Crippen LogP contribution in [0.2, 0.25) is 0 Å². The number of hydrogen-bond acceptors (Lipinski definition) is 5. The second kappa shape index (κ2) is 6.70. The number of ether oxygens (including phenoxy) is 2. The third-order valence-corrected chi connectivity index (χ3v) is 2.91. The summed E-state index contributed by atoms with van der Waals surface area (Å²) in [6.45, 7) is 3.71. The Morgan fingerprint density at radius 3 is 2.29 bits per heavy atom. The average molecular weight is 220 g/mol. The van der Waals surface area contributed by atoms with Gasteiger partial charge in [0.25, 0.3) is 0 Å². The summed E-state index contributed by atoms with van der Waals surface area (Å²) in [5.41, 5.74) is 0. The molecule has 0 aliphatic rings. The lowest BCUT2D eigenvalue weighted by Gasteiger charge is -2.17. The maximum Gasteiger partial charge on any atom is 0.319 e. The lowest BCUT2D eigenvalue weighted by molar-refractivity contribution is -0.151. The van der Waals surface area contributed by atoms with Crippen molar-refractivity contribution < 1.29 is 19.1 Å². The van der Waals surface area contributed by atoms with Gasteiger partial charge >= 0.3 is 11.9 Å². The molecule has 0 heterocycles. The van der Waals surface area contributed by atoms with E-state index in [0.717, 1.165) is 0 Å². The molecule has 2 atom stereocenters. The summed E-state index contributed by atoms with van der Waals surface area (Å²) in [4.78, 5) is 22.6. The number of carbonyl (C=O) groups is 2. The van der Waals surface area contributed by atoms with E-state index < -0.39 is 17.1 Å². The van der Waals surface area contributed by atoms with E-state index in [-0.39, 0.29) is 5.97 Å². The molecule has 0 saturated heterocycles. The molecule has 0 unspecified atom stereocenters. The zero-order valence-electron chi connectivity index (χ0n) is 8.90. The zero-order chi connectivity index (χ0) is 11.1. The van der Waals surface area contributed by atoms with E-state index in [0.29, 0.717) is 6.61 Å². The minimum Gasteiger partial charge on any atom is -0.469 e. The highest BCUT2D eigenvalue weighted by Gasteiger charge is 2.31.